The predicted octanol–water partition coefficient (Wildman–Crippen LogP) is 1.92. The monoisotopic (exact) mass is 343 g/mol. The molecule has 3 rings (SSSR count). The van der Waals surface area contributed by atoms with Crippen LogP contribution >= 0.6 is 0 Å². The highest BCUT2D eigenvalue weighted by molar-refractivity contribution is 6.00. The molecule has 1 aromatic rings. The van der Waals surface area contributed by atoms with E-state index in [0.29, 0.717) is 31.5 Å². The highest BCUT2D eigenvalue weighted by Crippen LogP contribution is 2.47. The molecule has 0 aromatic heterocycles. The second kappa shape index (κ2) is 7.25. The lowest BCUT2D eigenvalue weighted by molar-refractivity contribution is -0.139. The Balaban J connectivity index is 1.59. The Kier molecular flexibility index (Phi) is 5.06. The molecule has 0 radical (unpaired) electrons. The topological polar surface area (TPSA) is 60.9 Å². The molecule has 0 bridgehead atoms. The minimum absolute atomic E-state index is 0.161. The van der Waals surface area contributed by atoms with Gasteiger partial charge in [-0.05, 0) is 30.7 Å². The fraction of sp³-hybridized carbons (Fsp3) is 0.526. The quantitative estimate of drug-likeness (QED) is 0.793. The smallest absolute Gasteiger partial charge is 0.327 e. The Morgan fingerprint density at radius 2 is 1.96 bits per heavy atom. The lowest BCUT2D eigenvalue weighted by Gasteiger charge is -2.34. The Morgan fingerprint density at radius 3 is 2.64 bits per heavy atom. The van der Waals surface area contributed by atoms with Crippen molar-refractivity contribution in [2.75, 3.05) is 33.2 Å². The summed E-state index contributed by atoms with van der Waals surface area (Å²) in [5.74, 6) is 0.470. The van der Waals surface area contributed by atoms with Crippen molar-refractivity contribution < 1.29 is 14.4 Å². The summed E-state index contributed by atoms with van der Waals surface area (Å²) in [5, 5.41) is 0. The third-order valence-corrected chi connectivity index (χ3v) is 5.20. The molecule has 25 heavy (non-hydrogen) atoms. The Hall–Kier alpha value is -2.37. The molecule has 1 aromatic carbocycles. The van der Waals surface area contributed by atoms with Crippen LogP contribution in [0.15, 0.2) is 30.3 Å². The standard InChI is InChI=1S/C19H25N3O3/c1-3-20(2)18(24)13-22-17(23)9-10-21(19(22)25)12-15-11-16(15)14-7-5-4-6-8-14/h4-8,15-16H,3,9-13H2,1-2H3/t15-,16-/m1/s1. The molecule has 1 saturated heterocycles. The minimum Gasteiger partial charge on any atom is -0.344 e. The van der Waals surface area contributed by atoms with Crippen LogP contribution in [0.3, 0.4) is 0 Å². The number of nitrogens with zero attached hydrogens (tertiary/aromatic N) is 3. The van der Waals surface area contributed by atoms with Gasteiger partial charge in [-0.15, -0.1) is 0 Å². The second-order valence-electron chi connectivity index (χ2n) is 6.88. The SMILES string of the molecule is CCN(C)C(=O)CN1C(=O)CCN(C[C@H]2C[C@@H]2c2ccccc2)C1=O. The molecule has 1 saturated carbocycles. The van der Waals surface area contributed by atoms with Crippen LogP contribution < -0.4 is 0 Å². The van der Waals surface area contributed by atoms with Crippen molar-refractivity contribution in [3.63, 3.8) is 0 Å². The maximum absolute atomic E-state index is 12.6. The van der Waals surface area contributed by atoms with Gasteiger partial charge in [-0.1, -0.05) is 30.3 Å². The summed E-state index contributed by atoms with van der Waals surface area (Å²) in [5.41, 5.74) is 1.31. The fourth-order valence-corrected chi connectivity index (χ4v) is 3.34. The van der Waals surface area contributed by atoms with Gasteiger partial charge in [0.15, 0.2) is 0 Å². The summed E-state index contributed by atoms with van der Waals surface area (Å²) in [4.78, 5) is 41.2. The van der Waals surface area contributed by atoms with Crippen LogP contribution in [-0.2, 0) is 9.59 Å². The van der Waals surface area contributed by atoms with E-state index in [1.165, 1.54) is 10.5 Å². The summed E-state index contributed by atoms with van der Waals surface area (Å²) < 4.78 is 0. The molecular weight excluding hydrogens is 318 g/mol. The minimum atomic E-state index is -0.326. The highest BCUT2D eigenvalue weighted by Gasteiger charge is 2.42. The molecule has 1 heterocycles. The molecular formula is C19H25N3O3. The zero-order valence-corrected chi connectivity index (χ0v) is 14.9. The molecule has 134 valence electrons. The number of imide groups is 1. The number of carbonyl (C=O) groups excluding carboxylic acids is 3. The van der Waals surface area contributed by atoms with E-state index in [-0.39, 0.29) is 30.8 Å². The highest BCUT2D eigenvalue weighted by atomic mass is 16.2. The first-order valence-corrected chi connectivity index (χ1v) is 8.89. The summed E-state index contributed by atoms with van der Waals surface area (Å²) in [6, 6.07) is 9.99. The largest absolute Gasteiger partial charge is 0.344 e. The van der Waals surface area contributed by atoms with Crippen molar-refractivity contribution >= 4 is 17.8 Å². The molecule has 0 unspecified atom stereocenters. The molecule has 2 aliphatic rings. The number of rotatable bonds is 6. The normalized spacial score (nSPS) is 23.0. The molecule has 6 nitrogen and oxygen atoms in total. The summed E-state index contributed by atoms with van der Waals surface area (Å²) in [6.07, 6.45) is 1.36. The number of hydrogen-bond acceptors (Lipinski definition) is 3. The predicted molar refractivity (Wildman–Crippen MR) is 93.9 cm³/mol. The second-order valence-corrected chi connectivity index (χ2v) is 6.88. The number of likely N-dealkylation sites (N-methyl/N-ethyl adjacent to an activating group) is 1. The van der Waals surface area contributed by atoms with Gasteiger partial charge in [0.2, 0.25) is 11.8 Å². The summed E-state index contributed by atoms with van der Waals surface area (Å²) in [6.45, 7) is 3.36. The van der Waals surface area contributed by atoms with Crippen molar-refractivity contribution in [1.29, 1.82) is 0 Å². The first-order valence-electron chi connectivity index (χ1n) is 8.89. The Bertz CT molecular complexity index is 661. The van der Waals surface area contributed by atoms with Crippen LogP contribution in [0.2, 0.25) is 0 Å². The van der Waals surface area contributed by atoms with Crippen LogP contribution in [0.4, 0.5) is 4.79 Å². The van der Waals surface area contributed by atoms with E-state index >= 15 is 0 Å². The van der Waals surface area contributed by atoms with E-state index < -0.39 is 0 Å². The van der Waals surface area contributed by atoms with Gasteiger partial charge in [0.1, 0.15) is 6.54 Å². The Labute approximate surface area is 148 Å². The maximum Gasteiger partial charge on any atom is 0.327 e. The van der Waals surface area contributed by atoms with E-state index in [1.807, 2.05) is 25.1 Å². The average molecular weight is 343 g/mol. The number of amides is 4. The maximum atomic E-state index is 12.6. The van der Waals surface area contributed by atoms with E-state index in [0.717, 1.165) is 11.3 Å². The van der Waals surface area contributed by atoms with Crippen LogP contribution in [-0.4, -0.2) is 65.8 Å². The number of urea groups is 1. The zero-order chi connectivity index (χ0) is 18.0. The zero-order valence-electron chi connectivity index (χ0n) is 14.9. The lowest BCUT2D eigenvalue weighted by Crippen LogP contribution is -2.55. The molecule has 0 spiro atoms. The summed E-state index contributed by atoms with van der Waals surface area (Å²) in [7, 11) is 1.67. The molecule has 1 aliphatic heterocycles. The molecule has 0 N–H and O–H groups in total. The van der Waals surface area contributed by atoms with Crippen LogP contribution in [0.1, 0.15) is 31.2 Å². The Morgan fingerprint density at radius 1 is 1.24 bits per heavy atom. The average Bonchev–Trinajstić information content (AvgIpc) is 3.40. The van der Waals surface area contributed by atoms with Crippen molar-refractivity contribution in [1.82, 2.24) is 14.7 Å². The third-order valence-electron chi connectivity index (χ3n) is 5.20. The summed E-state index contributed by atoms with van der Waals surface area (Å²) >= 11 is 0. The van der Waals surface area contributed by atoms with E-state index in [9.17, 15) is 14.4 Å². The van der Waals surface area contributed by atoms with Gasteiger partial charge < -0.3 is 9.80 Å². The lowest BCUT2D eigenvalue weighted by atomic mass is 10.1. The van der Waals surface area contributed by atoms with Gasteiger partial charge in [-0.3, -0.25) is 14.5 Å². The molecule has 6 heteroatoms. The van der Waals surface area contributed by atoms with Gasteiger partial charge in [0.05, 0.1) is 0 Å². The first-order chi connectivity index (χ1) is 12.0. The molecule has 1 aliphatic carbocycles. The van der Waals surface area contributed by atoms with Crippen molar-refractivity contribution in [2.24, 2.45) is 5.92 Å². The molecule has 4 amide bonds. The van der Waals surface area contributed by atoms with Crippen LogP contribution in [0.25, 0.3) is 0 Å². The van der Waals surface area contributed by atoms with Gasteiger partial charge in [-0.2, -0.15) is 0 Å². The van der Waals surface area contributed by atoms with Crippen molar-refractivity contribution in [3.05, 3.63) is 35.9 Å². The third kappa shape index (κ3) is 3.83. The fourth-order valence-electron chi connectivity index (χ4n) is 3.34. The number of benzene rings is 1. The first kappa shape index (κ1) is 17.5. The molecule has 2 fully saturated rings. The van der Waals surface area contributed by atoms with Crippen LogP contribution in [0.5, 0.6) is 0 Å². The van der Waals surface area contributed by atoms with Gasteiger partial charge in [0.25, 0.3) is 0 Å². The van der Waals surface area contributed by atoms with E-state index in [4.69, 9.17) is 0 Å². The van der Waals surface area contributed by atoms with Crippen molar-refractivity contribution in [3.8, 4) is 0 Å². The van der Waals surface area contributed by atoms with Crippen molar-refractivity contribution in [2.45, 2.75) is 25.7 Å². The van der Waals surface area contributed by atoms with Gasteiger partial charge >= 0.3 is 6.03 Å². The van der Waals surface area contributed by atoms with E-state index in [1.54, 1.807) is 11.9 Å². The number of hydrogen-bond donors (Lipinski definition) is 0. The number of carbonyl (C=O) groups is 3. The van der Waals surface area contributed by atoms with Gasteiger partial charge in [0, 0.05) is 33.1 Å². The molecule has 2 atom stereocenters. The van der Waals surface area contributed by atoms with Gasteiger partial charge in [-0.25, -0.2) is 4.79 Å². The van der Waals surface area contributed by atoms with Crippen LogP contribution in [0, 0.1) is 5.92 Å². The van der Waals surface area contributed by atoms with E-state index in [2.05, 4.69) is 12.1 Å².